The third-order valence-corrected chi connectivity index (χ3v) is 7.69. The number of nitrogens with zero attached hydrogens (tertiary/aromatic N) is 2. The molecule has 0 radical (unpaired) electrons. The summed E-state index contributed by atoms with van der Waals surface area (Å²) >= 11 is 0. The molecule has 0 unspecified atom stereocenters. The van der Waals surface area contributed by atoms with E-state index < -0.39 is 15.9 Å². The second-order valence-corrected chi connectivity index (χ2v) is 10.7. The van der Waals surface area contributed by atoms with Crippen molar-refractivity contribution in [2.45, 2.75) is 4.90 Å². The average Bonchev–Trinajstić information content (AvgIpc) is 3.00. The molecule has 0 atom stereocenters. The molecule has 5 rings (SSSR count). The van der Waals surface area contributed by atoms with E-state index in [2.05, 4.69) is 20.0 Å². The van der Waals surface area contributed by atoms with Gasteiger partial charge in [0.15, 0.2) is 11.6 Å². The van der Waals surface area contributed by atoms with Crippen molar-refractivity contribution in [3.05, 3.63) is 90.5 Å². The van der Waals surface area contributed by atoms with Gasteiger partial charge in [0.2, 0.25) is 0 Å². The van der Waals surface area contributed by atoms with Crippen molar-refractivity contribution >= 4 is 44.3 Å². The smallest absolute Gasteiger partial charge is 0.263 e. The number of fused-ring (bicyclic) bond motifs is 1. The molecule has 0 saturated heterocycles. The summed E-state index contributed by atoms with van der Waals surface area (Å²) in [6.07, 6.45) is 0. The fourth-order valence-electron chi connectivity index (χ4n) is 4.37. The van der Waals surface area contributed by atoms with Crippen molar-refractivity contribution in [2.75, 3.05) is 31.4 Å². The third-order valence-electron chi connectivity index (χ3n) is 6.36. The maximum atomic E-state index is 13.7. The van der Waals surface area contributed by atoms with Crippen LogP contribution in [0.5, 0.6) is 17.2 Å². The number of amides is 1. The molecule has 0 spiro atoms. The Hall–Kier alpha value is -5.36. The fraction of sp³-hybridized carbons (Fsp3) is 0.100. The first kappa shape index (κ1) is 28.2. The Morgan fingerprint density at radius 1 is 0.762 bits per heavy atom. The van der Waals surface area contributed by atoms with E-state index in [-0.39, 0.29) is 27.8 Å². The Bertz CT molecular complexity index is 1890. The van der Waals surface area contributed by atoms with Crippen LogP contribution >= 0.6 is 0 Å². The number of methoxy groups -OCH3 is 3. The van der Waals surface area contributed by atoms with Gasteiger partial charge < -0.3 is 25.3 Å². The first-order valence-electron chi connectivity index (χ1n) is 12.6. The summed E-state index contributed by atoms with van der Waals surface area (Å²) in [6, 6.07) is 23.4. The molecule has 0 aliphatic carbocycles. The van der Waals surface area contributed by atoms with Crippen LogP contribution in [0.25, 0.3) is 22.2 Å². The summed E-state index contributed by atoms with van der Waals surface area (Å²) in [5.41, 5.74) is 8.28. The number of primary amides is 1. The number of carbonyl (C=O) groups excluding carboxylic acids is 1. The predicted molar refractivity (Wildman–Crippen MR) is 160 cm³/mol. The van der Waals surface area contributed by atoms with Crippen molar-refractivity contribution in [1.82, 2.24) is 9.97 Å². The molecule has 1 amide bonds. The fourth-order valence-corrected chi connectivity index (χ4v) is 5.42. The summed E-state index contributed by atoms with van der Waals surface area (Å²) in [4.78, 5) is 21.1. The molecule has 5 aromatic rings. The maximum absolute atomic E-state index is 13.7. The predicted octanol–water partition coefficient (Wildman–Crippen LogP) is 4.97. The zero-order valence-corrected chi connectivity index (χ0v) is 23.7. The molecular weight excluding hydrogens is 558 g/mol. The quantitative estimate of drug-likeness (QED) is 0.206. The number of aromatic nitrogens is 2. The summed E-state index contributed by atoms with van der Waals surface area (Å²) in [5, 5.41) is 3.14. The van der Waals surface area contributed by atoms with Gasteiger partial charge in [-0.2, -0.15) is 0 Å². The molecule has 0 bridgehead atoms. The second-order valence-electron chi connectivity index (χ2n) is 9.02. The number of carbonyl (C=O) groups is 1. The van der Waals surface area contributed by atoms with Crippen LogP contribution in [0.3, 0.4) is 0 Å². The minimum absolute atomic E-state index is 0.0193. The molecule has 12 heteroatoms. The van der Waals surface area contributed by atoms with Crippen molar-refractivity contribution in [2.24, 2.45) is 5.73 Å². The summed E-state index contributed by atoms with van der Waals surface area (Å²) in [6.45, 7) is 0. The highest BCUT2D eigenvalue weighted by atomic mass is 32.2. The van der Waals surface area contributed by atoms with Crippen LogP contribution in [0.2, 0.25) is 0 Å². The summed E-state index contributed by atoms with van der Waals surface area (Å²) in [5.74, 6) is 0.783. The van der Waals surface area contributed by atoms with Gasteiger partial charge in [-0.25, -0.2) is 18.4 Å². The molecule has 11 nitrogen and oxygen atoms in total. The van der Waals surface area contributed by atoms with Crippen LogP contribution < -0.4 is 30.0 Å². The Kier molecular flexibility index (Phi) is 7.80. The first-order chi connectivity index (χ1) is 20.2. The van der Waals surface area contributed by atoms with Gasteiger partial charge in [0.05, 0.1) is 42.8 Å². The topological polar surface area (TPSA) is 155 Å². The van der Waals surface area contributed by atoms with E-state index in [1.54, 1.807) is 60.7 Å². The first-order valence-corrected chi connectivity index (χ1v) is 14.1. The molecule has 0 aliphatic rings. The van der Waals surface area contributed by atoms with Crippen LogP contribution in [-0.4, -0.2) is 45.6 Å². The minimum Gasteiger partial charge on any atom is -0.497 e. The molecule has 214 valence electrons. The van der Waals surface area contributed by atoms with E-state index >= 15 is 0 Å². The lowest BCUT2D eigenvalue weighted by Crippen LogP contribution is -2.16. The standard InChI is InChI=1S/C30H27N5O6S/c1-39-20-15-19(16-21(17-20)40-2)32-29-30(34-26-13-5-4-12-25(26)33-29)35-42(37,38)22-9-6-8-18(14-22)23-10-7-11-24(28(31)36)27(23)41-3/h4-17H,1-3H3,(H2,31,36)(H,32,33)(H,34,35). The van der Waals surface area contributed by atoms with E-state index in [0.717, 1.165) is 0 Å². The van der Waals surface area contributed by atoms with Crippen LogP contribution in [-0.2, 0) is 10.0 Å². The lowest BCUT2D eigenvalue weighted by molar-refractivity contribution is 0.0997. The lowest BCUT2D eigenvalue weighted by atomic mass is 10.0. The molecule has 0 aliphatic heterocycles. The van der Waals surface area contributed by atoms with Gasteiger partial charge in [-0.15, -0.1) is 0 Å². The molecule has 4 N–H and O–H groups in total. The molecule has 0 saturated carbocycles. The van der Waals surface area contributed by atoms with Crippen molar-refractivity contribution in [3.8, 4) is 28.4 Å². The monoisotopic (exact) mass is 585 g/mol. The van der Waals surface area contributed by atoms with E-state index in [1.165, 1.54) is 39.5 Å². The Labute approximate surface area is 242 Å². The van der Waals surface area contributed by atoms with Gasteiger partial charge in [-0.3, -0.25) is 9.52 Å². The third kappa shape index (κ3) is 5.74. The van der Waals surface area contributed by atoms with Crippen LogP contribution in [0.1, 0.15) is 10.4 Å². The minimum atomic E-state index is -4.17. The lowest BCUT2D eigenvalue weighted by Gasteiger charge is -2.16. The Balaban J connectivity index is 1.56. The normalized spacial score (nSPS) is 11.1. The van der Waals surface area contributed by atoms with Crippen LogP contribution in [0.15, 0.2) is 89.8 Å². The highest BCUT2D eigenvalue weighted by Gasteiger charge is 2.21. The highest BCUT2D eigenvalue weighted by molar-refractivity contribution is 7.92. The SMILES string of the molecule is COc1cc(Nc2nc3ccccc3nc2NS(=O)(=O)c2cccc(-c3cccc(C(N)=O)c3OC)c2)cc(OC)c1. The maximum Gasteiger partial charge on any atom is 0.263 e. The van der Waals surface area contributed by atoms with E-state index in [4.69, 9.17) is 19.9 Å². The number of ether oxygens (including phenoxy) is 3. The van der Waals surface area contributed by atoms with Crippen LogP contribution in [0, 0.1) is 0 Å². The molecular formula is C30H27N5O6S. The zero-order chi connectivity index (χ0) is 29.9. The molecule has 4 aromatic carbocycles. The van der Waals surface area contributed by atoms with Gasteiger partial charge in [0, 0.05) is 29.4 Å². The Morgan fingerprint density at radius 3 is 2.02 bits per heavy atom. The average molecular weight is 586 g/mol. The molecule has 42 heavy (non-hydrogen) atoms. The number of nitrogens with one attached hydrogen (secondary N) is 2. The van der Waals surface area contributed by atoms with E-state index in [9.17, 15) is 13.2 Å². The number of rotatable bonds is 10. The van der Waals surface area contributed by atoms with Crippen molar-refractivity contribution in [1.29, 1.82) is 0 Å². The summed E-state index contributed by atoms with van der Waals surface area (Å²) in [7, 11) is 0.301. The molecule has 1 aromatic heterocycles. The molecule has 1 heterocycles. The van der Waals surface area contributed by atoms with E-state index in [0.29, 0.717) is 39.3 Å². The number of hydrogen-bond donors (Lipinski definition) is 3. The largest absolute Gasteiger partial charge is 0.497 e. The van der Waals surface area contributed by atoms with Gasteiger partial charge in [0.25, 0.3) is 15.9 Å². The zero-order valence-electron chi connectivity index (χ0n) is 22.9. The number of benzene rings is 4. The number of hydrogen-bond acceptors (Lipinski definition) is 9. The number of sulfonamides is 1. The van der Waals surface area contributed by atoms with Crippen molar-refractivity contribution < 1.29 is 27.4 Å². The number of para-hydroxylation sites is 3. The van der Waals surface area contributed by atoms with Gasteiger partial charge in [-0.1, -0.05) is 36.4 Å². The second kappa shape index (κ2) is 11.6. The van der Waals surface area contributed by atoms with E-state index in [1.807, 2.05) is 6.07 Å². The van der Waals surface area contributed by atoms with Crippen molar-refractivity contribution in [3.63, 3.8) is 0 Å². The van der Waals surface area contributed by atoms with Gasteiger partial charge >= 0.3 is 0 Å². The highest BCUT2D eigenvalue weighted by Crippen LogP contribution is 2.35. The van der Waals surface area contributed by atoms with Crippen LogP contribution in [0.4, 0.5) is 17.3 Å². The number of anilines is 3. The summed E-state index contributed by atoms with van der Waals surface area (Å²) < 4.78 is 46.1. The van der Waals surface area contributed by atoms with Gasteiger partial charge in [0.1, 0.15) is 17.2 Å². The van der Waals surface area contributed by atoms with Gasteiger partial charge in [-0.05, 0) is 35.9 Å². The number of nitrogens with two attached hydrogens (primary N) is 1. The Morgan fingerprint density at radius 2 is 1.40 bits per heavy atom. The molecule has 0 fully saturated rings.